The second-order valence-electron chi connectivity index (χ2n) is 7.26. The summed E-state index contributed by atoms with van der Waals surface area (Å²) in [6, 6.07) is 7.31. The molecule has 25 heavy (non-hydrogen) atoms. The molecule has 1 aromatic carbocycles. The molecular formula is C18H23BClN3O2. The van der Waals surface area contributed by atoms with E-state index in [1.807, 2.05) is 52.0 Å². The first-order chi connectivity index (χ1) is 11.6. The fourth-order valence-electron chi connectivity index (χ4n) is 2.66. The lowest BCUT2D eigenvalue weighted by molar-refractivity contribution is 0.00578. The molecule has 1 saturated heterocycles. The Morgan fingerprint density at radius 3 is 2.12 bits per heavy atom. The molecule has 2 heterocycles. The van der Waals surface area contributed by atoms with Crippen LogP contribution in [-0.2, 0) is 9.31 Å². The van der Waals surface area contributed by atoms with Crippen LogP contribution in [0.5, 0.6) is 0 Å². The predicted octanol–water partition coefficient (Wildman–Crippen LogP) is 3.23. The quantitative estimate of drug-likeness (QED) is 0.626. The van der Waals surface area contributed by atoms with Gasteiger partial charge < -0.3 is 15.0 Å². The van der Waals surface area contributed by atoms with E-state index in [1.54, 1.807) is 18.3 Å². The molecule has 0 aromatic heterocycles. The Morgan fingerprint density at radius 1 is 1.04 bits per heavy atom. The second-order valence-corrected chi connectivity index (χ2v) is 7.70. The molecule has 0 amide bonds. The van der Waals surface area contributed by atoms with Crippen molar-refractivity contribution in [2.45, 2.75) is 38.9 Å². The summed E-state index contributed by atoms with van der Waals surface area (Å²) < 4.78 is 12.1. The topological polar surface area (TPSA) is 73.7 Å². The van der Waals surface area contributed by atoms with Crippen molar-refractivity contribution >= 4 is 24.4 Å². The number of hydrogen-bond acceptors (Lipinski definition) is 5. The first-order valence-electron chi connectivity index (χ1n) is 8.16. The highest BCUT2D eigenvalue weighted by molar-refractivity contribution is 6.55. The summed E-state index contributed by atoms with van der Waals surface area (Å²) >= 11 is 5.93. The summed E-state index contributed by atoms with van der Waals surface area (Å²) in [5.41, 5.74) is 8.43. The molecule has 7 heteroatoms. The zero-order valence-electron chi connectivity index (χ0n) is 14.9. The highest BCUT2D eigenvalue weighted by atomic mass is 35.5. The van der Waals surface area contributed by atoms with Crippen molar-refractivity contribution in [2.24, 2.45) is 11.6 Å². The molecule has 2 aliphatic rings. The van der Waals surface area contributed by atoms with Crippen molar-refractivity contribution in [3.05, 3.63) is 64.4 Å². The van der Waals surface area contributed by atoms with Crippen LogP contribution >= 0.6 is 11.6 Å². The van der Waals surface area contributed by atoms with Crippen LogP contribution < -0.4 is 11.6 Å². The van der Waals surface area contributed by atoms with Crippen LogP contribution in [0.2, 0.25) is 5.02 Å². The summed E-state index contributed by atoms with van der Waals surface area (Å²) in [7, 11) is -0.467. The Labute approximate surface area is 154 Å². The van der Waals surface area contributed by atoms with Crippen molar-refractivity contribution in [1.82, 2.24) is 5.01 Å². The van der Waals surface area contributed by atoms with Gasteiger partial charge in [0.05, 0.1) is 22.6 Å². The fourth-order valence-corrected chi connectivity index (χ4v) is 2.79. The summed E-state index contributed by atoms with van der Waals surface area (Å²) in [5, 5.41) is 2.15. The Bertz CT molecular complexity index is 753. The molecule has 1 aromatic rings. The molecule has 2 aliphatic heterocycles. The zero-order valence-corrected chi connectivity index (χ0v) is 15.7. The van der Waals surface area contributed by atoms with Gasteiger partial charge in [-0.25, -0.2) is 5.84 Å². The monoisotopic (exact) mass is 359 g/mol. The maximum Gasteiger partial charge on any atom is 0.496 e. The van der Waals surface area contributed by atoms with Crippen molar-refractivity contribution in [3.8, 4) is 0 Å². The number of benzene rings is 1. The third-order valence-electron chi connectivity index (χ3n) is 4.96. The number of rotatable bonds is 2. The number of hydrogen-bond donors (Lipinski definition) is 2. The van der Waals surface area contributed by atoms with E-state index in [1.165, 1.54) is 5.01 Å². The van der Waals surface area contributed by atoms with Crippen LogP contribution in [0, 0.1) is 0 Å². The number of allylic oxidation sites excluding steroid dienone is 3. The van der Waals surface area contributed by atoms with Gasteiger partial charge in [-0.05, 0) is 51.5 Å². The van der Waals surface area contributed by atoms with Gasteiger partial charge in [0.2, 0.25) is 0 Å². The largest absolute Gasteiger partial charge is 0.496 e. The molecule has 0 unspecified atom stereocenters. The van der Waals surface area contributed by atoms with Crippen LogP contribution in [0.25, 0.3) is 5.70 Å². The van der Waals surface area contributed by atoms with E-state index in [0.29, 0.717) is 16.4 Å². The van der Waals surface area contributed by atoms with Gasteiger partial charge >= 0.3 is 7.12 Å². The van der Waals surface area contributed by atoms with Gasteiger partial charge in [-0.2, -0.15) is 0 Å². The minimum absolute atomic E-state index is 0.399. The number of hydrazine groups is 1. The number of nitrogens with two attached hydrogens (primary N) is 2. The molecule has 5 nitrogen and oxygen atoms in total. The summed E-state index contributed by atoms with van der Waals surface area (Å²) in [6.45, 7) is 8.07. The van der Waals surface area contributed by atoms with Gasteiger partial charge in [-0.15, -0.1) is 0 Å². The van der Waals surface area contributed by atoms with Crippen molar-refractivity contribution < 1.29 is 9.31 Å². The van der Waals surface area contributed by atoms with E-state index in [2.05, 4.69) is 0 Å². The van der Waals surface area contributed by atoms with Gasteiger partial charge in [-0.3, -0.25) is 5.01 Å². The molecule has 132 valence electrons. The van der Waals surface area contributed by atoms with Crippen LogP contribution in [0.15, 0.2) is 53.8 Å². The van der Waals surface area contributed by atoms with Gasteiger partial charge in [0.25, 0.3) is 0 Å². The first kappa shape index (κ1) is 18.1. The third kappa shape index (κ3) is 3.35. The average molecular weight is 360 g/mol. The molecule has 4 N–H and O–H groups in total. The molecule has 1 fully saturated rings. The molecule has 0 saturated carbocycles. The molecule has 0 bridgehead atoms. The van der Waals surface area contributed by atoms with E-state index in [4.69, 9.17) is 32.5 Å². The van der Waals surface area contributed by atoms with E-state index < -0.39 is 18.3 Å². The zero-order chi connectivity index (χ0) is 18.4. The molecular weight excluding hydrogens is 336 g/mol. The number of halogens is 1. The molecule has 0 spiro atoms. The Morgan fingerprint density at radius 2 is 1.60 bits per heavy atom. The van der Waals surface area contributed by atoms with Crippen molar-refractivity contribution in [1.29, 1.82) is 0 Å². The lowest BCUT2D eigenvalue weighted by Gasteiger charge is -2.32. The fraction of sp³-hybridized carbons (Fsp3) is 0.333. The van der Waals surface area contributed by atoms with Crippen LogP contribution in [0.1, 0.15) is 33.3 Å². The minimum Gasteiger partial charge on any atom is -0.399 e. The maximum atomic E-state index is 6.27. The maximum absolute atomic E-state index is 6.27. The Balaban J connectivity index is 1.84. The molecule has 0 aliphatic carbocycles. The van der Waals surface area contributed by atoms with Gasteiger partial charge in [-0.1, -0.05) is 29.8 Å². The minimum atomic E-state index is -0.467. The average Bonchev–Trinajstić information content (AvgIpc) is 2.75. The van der Waals surface area contributed by atoms with Crippen LogP contribution in [0.4, 0.5) is 0 Å². The lowest BCUT2D eigenvalue weighted by Crippen LogP contribution is -2.41. The second kappa shape index (κ2) is 6.22. The normalized spacial score (nSPS) is 23.7. The van der Waals surface area contributed by atoms with Gasteiger partial charge in [0.1, 0.15) is 0 Å². The predicted molar refractivity (Wildman–Crippen MR) is 102 cm³/mol. The summed E-state index contributed by atoms with van der Waals surface area (Å²) in [4.78, 5) is 0. The van der Waals surface area contributed by atoms with E-state index in [9.17, 15) is 0 Å². The smallest absolute Gasteiger partial charge is 0.399 e. The van der Waals surface area contributed by atoms with Crippen LogP contribution in [0.3, 0.4) is 0 Å². The van der Waals surface area contributed by atoms with Gasteiger partial charge in [0, 0.05) is 16.7 Å². The van der Waals surface area contributed by atoms with E-state index in [-0.39, 0.29) is 0 Å². The highest BCUT2D eigenvalue weighted by Gasteiger charge is 2.52. The Hall–Kier alpha value is -1.73. The summed E-state index contributed by atoms with van der Waals surface area (Å²) in [6.07, 6.45) is 5.56. The van der Waals surface area contributed by atoms with Gasteiger partial charge in [0.15, 0.2) is 0 Å². The Kier molecular flexibility index (Phi) is 4.49. The molecule has 0 atom stereocenters. The van der Waals surface area contributed by atoms with Crippen molar-refractivity contribution in [3.63, 3.8) is 0 Å². The molecule has 0 radical (unpaired) electrons. The van der Waals surface area contributed by atoms with E-state index >= 15 is 0 Å². The standard InChI is InChI=1S/C18H23BClN3O2/c1-17(2)18(3,4)25-19(24-17)13-7-10-15(23(22)11-13)16(21)12-5-8-14(20)9-6-12/h5-11H,21-22H2,1-4H3/b16-15-. The SMILES string of the molecule is CC1(C)OB(C2=CN(N)/C(=C(\N)c3ccc(Cl)cc3)C=C2)OC1(C)C. The summed E-state index contributed by atoms with van der Waals surface area (Å²) in [5.74, 6) is 6.17. The number of nitrogens with zero attached hydrogens (tertiary/aromatic N) is 1. The van der Waals surface area contributed by atoms with Crippen molar-refractivity contribution in [2.75, 3.05) is 0 Å². The van der Waals surface area contributed by atoms with E-state index in [0.717, 1.165) is 11.0 Å². The lowest BCUT2D eigenvalue weighted by atomic mass is 9.77. The molecule has 3 rings (SSSR count). The first-order valence-corrected chi connectivity index (χ1v) is 8.53. The third-order valence-corrected chi connectivity index (χ3v) is 5.21. The highest BCUT2D eigenvalue weighted by Crippen LogP contribution is 2.39. The van der Waals surface area contributed by atoms with Crippen LogP contribution in [-0.4, -0.2) is 23.3 Å².